The SMILES string of the molecule is Cc1c[nH]c(/C=C2\C(=O)Nc3cccc(-c4cccc(F)c4)c32)c1C(=O)NCCCN1CCCC1. The summed E-state index contributed by atoms with van der Waals surface area (Å²) in [5.41, 5.74) is 5.16. The van der Waals surface area contributed by atoms with Crippen LogP contribution in [0.1, 0.15) is 46.4 Å². The molecule has 180 valence electrons. The quantitative estimate of drug-likeness (QED) is 0.340. The Hall–Kier alpha value is -3.71. The van der Waals surface area contributed by atoms with Crippen molar-refractivity contribution in [1.82, 2.24) is 15.2 Å². The lowest BCUT2D eigenvalue weighted by Crippen LogP contribution is -2.29. The van der Waals surface area contributed by atoms with Gasteiger partial charge in [0, 0.05) is 24.0 Å². The third kappa shape index (κ3) is 4.77. The van der Waals surface area contributed by atoms with Crippen molar-refractivity contribution in [1.29, 1.82) is 0 Å². The lowest BCUT2D eigenvalue weighted by atomic mass is 9.94. The predicted molar refractivity (Wildman–Crippen MR) is 136 cm³/mol. The third-order valence-electron chi connectivity index (χ3n) is 6.72. The van der Waals surface area contributed by atoms with Gasteiger partial charge in [-0.25, -0.2) is 4.39 Å². The molecule has 0 radical (unpaired) electrons. The number of carbonyl (C=O) groups is 2. The largest absolute Gasteiger partial charge is 0.361 e. The normalized spacial score (nSPS) is 16.5. The summed E-state index contributed by atoms with van der Waals surface area (Å²) in [5, 5.41) is 5.93. The molecule has 0 aliphatic carbocycles. The van der Waals surface area contributed by atoms with Crippen LogP contribution in [-0.4, -0.2) is 47.9 Å². The fourth-order valence-electron chi connectivity index (χ4n) is 4.99. The second kappa shape index (κ2) is 9.88. The lowest BCUT2D eigenvalue weighted by Gasteiger charge is -2.14. The van der Waals surface area contributed by atoms with E-state index in [9.17, 15) is 14.0 Å². The molecule has 3 aromatic rings. The first-order chi connectivity index (χ1) is 17.0. The number of hydrogen-bond donors (Lipinski definition) is 3. The minimum atomic E-state index is -0.341. The summed E-state index contributed by atoms with van der Waals surface area (Å²) in [6, 6.07) is 11.8. The highest BCUT2D eigenvalue weighted by Gasteiger charge is 2.28. The van der Waals surface area contributed by atoms with Gasteiger partial charge < -0.3 is 20.5 Å². The Morgan fingerprint density at radius 3 is 2.77 bits per heavy atom. The molecule has 0 unspecified atom stereocenters. The number of rotatable bonds is 7. The van der Waals surface area contributed by atoms with Crippen LogP contribution in [0.2, 0.25) is 0 Å². The lowest BCUT2D eigenvalue weighted by molar-refractivity contribution is -0.110. The van der Waals surface area contributed by atoms with Crippen LogP contribution in [0.25, 0.3) is 22.8 Å². The third-order valence-corrected chi connectivity index (χ3v) is 6.72. The molecular formula is C28H29FN4O2. The number of aryl methyl sites for hydroxylation is 1. The number of H-pyrrole nitrogens is 1. The topological polar surface area (TPSA) is 77.2 Å². The van der Waals surface area contributed by atoms with Crippen molar-refractivity contribution in [3.63, 3.8) is 0 Å². The van der Waals surface area contributed by atoms with E-state index in [4.69, 9.17) is 0 Å². The van der Waals surface area contributed by atoms with Crippen molar-refractivity contribution in [2.24, 2.45) is 0 Å². The van der Waals surface area contributed by atoms with Crippen molar-refractivity contribution in [3.8, 4) is 11.1 Å². The first-order valence-corrected chi connectivity index (χ1v) is 12.1. The maximum absolute atomic E-state index is 13.9. The highest BCUT2D eigenvalue weighted by atomic mass is 19.1. The number of amides is 2. The van der Waals surface area contributed by atoms with E-state index >= 15 is 0 Å². The second-order valence-electron chi connectivity index (χ2n) is 9.17. The Balaban J connectivity index is 1.41. The van der Waals surface area contributed by atoms with Gasteiger partial charge in [0.2, 0.25) is 0 Å². The van der Waals surface area contributed by atoms with E-state index < -0.39 is 0 Å². The molecule has 5 rings (SSSR count). The number of hydrogen-bond acceptors (Lipinski definition) is 3. The van der Waals surface area contributed by atoms with Crippen LogP contribution in [0.15, 0.2) is 48.7 Å². The molecule has 7 heteroatoms. The molecule has 2 aliphatic heterocycles. The number of aromatic amines is 1. The number of halogens is 1. The van der Waals surface area contributed by atoms with E-state index in [1.165, 1.54) is 25.0 Å². The van der Waals surface area contributed by atoms with E-state index in [0.717, 1.165) is 37.2 Å². The van der Waals surface area contributed by atoms with Gasteiger partial charge in [-0.1, -0.05) is 24.3 Å². The minimum absolute atomic E-state index is 0.158. The van der Waals surface area contributed by atoms with Crippen molar-refractivity contribution < 1.29 is 14.0 Å². The van der Waals surface area contributed by atoms with Crippen LogP contribution >= 0.6 is 0 Å². The zero-order valence-corrected chi connectivity index (χ0v) is 19.8. The molecule has 0 spiro atoms. The van der Waals surface area contributed by atoms with Crippen LogP contribution in [0.3, 0.4) is 0 Å². The van der Waals surface area contributed by atoms with E-state index in [2.05, 4.69) is 20.5 Å². The van der Waals surface area contributed by atoms with Crippen molar-refractivity contribution >= 4 is 29.2 Å². The standard InChI is InChI=1S/C28H29FN4O2/c1-18-17-31-24(25(18)28(35)30-11-6-14-33-12-2-3-13-33)16-22-26-21(19-7-4-8-20(29)15-19)9-5-10-23(26)32-27(22)34/h4-5,7-10,15-17,31H,2-3,6,11-14H2,1H3,(H,30,35)(H,32,34)/b22-16-. The van der Waals surface area contributed by atoms with Crippen molar-refractivity contribution in [2.45, 2.75) is 26.2 Å². The number of carbonyl (C=O) groups excluding carboxylic acids is 2. The zero-order valence-electron chi connectivity index (χ0n) is 19.8. The molecule has 0 bridgehead atoms. The molecule has 2 amide bonds. The molecule has 3 heterocycles. The monoisotopic (exact) mass is 472 g/mol. The maximum Gasteiger partial charge on any atom is 0.256 e. The molecule has 35 heavy (non-hydrogen) atoms. The smallest absolute Gasteiger partial charge is 0.256 e. The summed E-state index contributed by atoms with van der Waals surface area (Å²) < 4.78 is 13.9. The molecule has 0 saturated carbocycles. The van der Waals surface area contributed by atoms with Crippen molar-refractivity contribution in [3.05, 3.63) is 76.9 Å². The molecule has 3 N–H and O–H groups in total. The number of fused-ring (bicyclic) bond motifs is 1. The number of anilines is 1. The van der Waals surface area contributed by atoms with Crippen LogP contribution in [0.4, 0.5) is 10.1 Å². The molecule has 1 saturated heterocycles. The Morgan fingerprint density at radius 1 is 1.17 bits per heavy atom. The molecule has 1 fully saturated rings. The van der Waals surface area contributed by atoms with Crippen LogP contribution < -0.4 is 10.6 Å². The maximum atomic E-state index is 13.9. The number of likely N-dealkylation sites (tertiary alicyclic amines) is 1. The number of benzene rings is 2. The van der Waals surface area contributed by atoms with Crippen molar-refractivity contribution in [2.75, 3.05) is 31.5 Å². The Morgan fingerprint density at radius 2 is 1.97 bits per heavy atom. The molecular weight excluding hydrogens is 443 g/mol. The van der Waals surface area contributed by atoms with Crippen LogP contribution in [0, 0.1) is 12.7 Å². The zero-order chi connectivity index (χ0) is 24.4. The molecule has 2 aromatic carbocycles. The van der Waals surface area contributed by atoms with E-state index in [0.29, 0.717) is 40.2 Å². The van der Waals surface area contributed by atoms with Crippen LogP contribution in [-0.2, 0) is 4.79 Å². The number of aromatic nitrogens is 1. The van der Waals surface area contributed by atoms with E-state index in [1.54, 1.807) is 18.3 Å². The highest BCUT2D eigenvalue weighted by Crippen LogP contribution is 2.40. The van der Waals surface area contributed by atoms with Gasteiger partial charge in [-0.2, -0.15) is 0 Å². The van der Waals surface area contributed by atoms with Gasteiger partial charge in [0.25, 0.3) is 11.8 Å². The molecule has 2 aliphatic rings. The van der Waals surface area contributed by atoms with E-state index in [-0.39, 0.29) is 17.6 Å². The average Bonchev–Trinajstić information content (AvgIpc) is 3.56. The number of nitrogens with zero attached hydrogens (tertiary/aromatic N) is 1. The van der Waals surface area contributed by atoms with Gasteiger partial charge >= 0.3 is 0 Å². The second-order valence-corrected chi connectivity index (χ2v) is 9.17. The van der Waals surface area contributed by atoms with Gasteiger partial charge in [-0.15, -0.1) is 0 Å². The van der Waals surface area contributed by atoms with Gasteiger partial charge in [0.05, 0.1) is 16.8 Å². The van der Waals surface area contributed by atoms with Gasteiger partial charge in [-0.3, -0.25) is 9.59 Å². The van der Waals surface area contributed by atoms with Gasteiger partial charge in [0.1, 0.15) is 5.82 Å². The van der Waals surface area contributed by atoms with Gasteiger partial charge in [-0.05, 0) is 86.8 Å². The Kier molecular flexibility index (Phi) is 6.51. The summed E-state index contributed by atoms with van der Waals surface area (Å²) in [6.07, 6.45) is 6.90. The fourth-order valence-corrected chi connectivity index (χ4v) is 4.99. The number of nitrogens with one attached hydrogen (secondary N) is 3. The Labute approximate surface area is 204 Å². The molecule has 6 nitrogen and oxygen atoms in total. The first-order valence-electron chi connectivity index (χ1n) is 12.1. The average molecular weight is 473 g/mol. The Bertz CT molecular complexity index is 1300. The van der Waals surface area contributed by atoms with Gasteiger partial charge in [0.15, 0.2) is 0 Å². The molecule has 0 atom stereocenters. The summed E-state index contributed by atoms with van der Waals surface area (Å²) >= 11 is 0. The summed E-state index contributed by atoms with van der Waals surface area (Å²) in [4.78, 5) is 31.6. The minimum Gasteiger partial charge on any atom is -0.361 e. The molecule has 1 aromatic heterocycles. The summed E-state index contributed by atoms with van der Waals surface area (Å²) in [6.45, 7) is 5.75. The predicted octanol–water partition coefficient (Wildman–Crippen LogP) is 4.84. The first kappa shape index (κ1) is 23.1. The fraction of sp³-hybridized carbons (Fsp3) is 0.286. The summed E-state index contributed by atoms with van der Waals surface area (Å²) in [7, 11) is 0. The summed E-state index contributed by atoms with van der Waals surface area (Å²) in [5.74, 6) is -0.756. The van der Waals surface area contributed by atoms with E-state index in [1.807, 2.05) is 31.2 Å². The van der Waals surface area contributed by atoms with Crippen LogP contribution in [0.5, 0.6) is 0 Å². The highest BCUT2D eigenvalue weighted by molar-refractivity contribution is 6.36.